The van der Waals surface area contributed by atoms with Crippen molar-refractivity contribution in [3.8, 4) is 0 Å². The summed E-state index contributed by atoms with van der Waals surface area (Å²) in [6, 6.07) is 0. The van der Waals surface area contributed by atoms with Crippen LogP contribution < -0.4 is 0 Å². The number of rotatable bonds is 1. The van der Waals surface area contributed by atoms with E-state index in [1.807, 2.05) is 0 Å². The molecule has 3 heteroatoms. The number of epoxide rings is 1. The van der Waals surface area contributed by atoms with E-state index in [1.165, 1.54) is 0 Å². The first kappa shape index (κ1) is 9.79. The van der Waals surface area contributed by atoms with E-state index in [4.69, 9.17) is 4.74 Å². The van der Waals surface area contributed by atoms with E-state index in [1.54, 1.807) is 0 Å². The second-order valence-electron chi connectivity index (χ2n) is 5.86. The third-order valence-electron chi connectivity index (χ3n) is 5.18. The Labute approximate surface area is 89.8 Å². The molecule has 1 N–H and O–H groups in total. The number of ether oxygens (including phenoxy) is 1. The van der Waals surface area contributed by atoms with Crippen molar-refractivity contribution in [2.75, 3.05) is 0 Å². The minimum atomic E-state index is -0.474. The zero-order chi connectivity index (χ0) is 10.8. The predicted octanol–water partition coefficient (Wildman–Crippen LogP) is 1.14. The Bertz CT molecular complexity index is 316. The standard InChI is InChI=1S/C12H18O3/c1-7-3-9(14)4-8-5-12(6-13)10(15-12)11(7,8)2/h6-10,14H,3-5H2,1-2H3/t7-,8+,9+,10?,11+,12-/m1/s1. The summed E-state index contributed by atoms with van der Waals surface area (Å²) >= 11 is 0. The summed E-state index contributed by atoms with van der Waals surface area (Å²) in [5.74, 6) is 0.903. The first-order valence-electron chi connectivity index (χ1n) is 5.85. The molecule has 3 nitrogen and oxygen atoms in total. The van der Waals surface area contributed by atoms with Crippen LogP contribution in [0.5, 0.6) is 0 Å². The summed E-state index contributed by atoms with van der Waals surface area (Å²) in [6.07, 6.45) is 3.44. The molecule has 2 aliphatic carbocycles. The van der Waals surface area contributed by atoms with E-state index < -0.39 is 5.60 Å². The zero-order valence-electron chi connectivity index (χ0n) is 9.27. The molecule has 2 saturated carbocycles. The lowest BCUT2D eigenvalue weighted by atomic mass is 9.62. The van der Waals surface area contributed by atoms with E-state index in [-0.39, 0.29) is 17.6 Å². The third kappa shape index (κ3) is 1.01. The molecular weight excluding hydrogens is 192 g/mol. The van der Waals surface area contributed by atoms with Crippen molar-refractivity contribution in [1.29, 1.82) is 0 Å². The number of fused-ring (bicyclic) bond motifs is 3. The molecule has 6 atom stereocenters. The number of hydrogen-bond donors (Lipinski definition) is 1. The van der Waals surface area contributed by atoms with Crippen LogP contribution in [0, 0.1) is 17.3 Å². The lowest BCUT2D eigenvalue weighted by Gasteiger charge is -2.44. The number of aldehydes is 1. The highest BCUT2D eigenvalue weighted by atomic mass is 16.6. The first-order chi connectivity index (χ1) is 7.03. The third-order valence-corrected chi connectivity index (χ3v) is 5.18. The van der Waals surface area contributed by atoms with Crippen molar-refractivity contribution in [3.63, 3.8) is 0 Å². The van der Waals surface area contributed by atoms with Gasteiger partial charge in [-0.05, 0) is 31.1 Å². The number of hydrogen-bond acceptors (Lipinski definition) is 3. The fourth-order valence-corrected chi connectivity index (χ4v) is 4.04. The molecule has 15 heavy (non-hydrogen) atoms. The van der Waals surface area contributed by atoms with Gasteiger partial charge in [-0.15, -0.1) is 0 Å². The molecule has 0 aromatic heterocycles. The molecule has 1 unspecified atom stereocenters. The summed E-state index contributed by atoms with van der Waals surface area (Å²) in [5.41, 5.74) is -0.363. The second-order valence-corrected chi connectivity index (χ2v) is 5.86. The Hall–Kier alpha value is -0.410. The Morgan fingerprint density at radius 3 is 2.87 bits per heavy atom. The molecular formula is C12H18O3. The predicted molar refractivity (Wildman–Crippen MR) is 54.3 cm³/mol. The van der Waals surface area contributed by atoms with Gasteiger partial charge < -0.3 is 14.6 Å². The van der Waals surface area contributed by atoms with Gasteiger partial charge >= 0.3 is 0 Å². The van der Waals surface area contributed by atoms with Gasteiger partial charge in [-0.1, -0.05) is 13.8 Å². The Balaban J connectivity index is 1.94. The summed E-state index contributed by atoms with van der Waals surface area (Å²) in [6.45, 7) is 4.41. The van der Waals surface area contributed by atoms with Crippen LogP contribution >= 0.6 is 0 Å². The average molecular weight is 210 g/mol. The monoisotopic (exact) mass is 210 g/mol. The fraction of sp³-hybridized carbons (Fsp3) is 0.917. The smallest absolute Gasteiger partial charge is 0.154 e. The molecule has 0 amide bonds. The highest BCUT2D eigenvalue weighted by Gasteiger charge is 2.74. The topological polar surface area (TPSA) is 49.8 Å². The van der Waals surface area contributed by atoms with Crippen LogP contribution in [0.1, 0.15) is 33.1 Å². The fourth-order valence-electron chi connectivity index (χ4n) is 4.04. The van der Waals surface area contributed by atoms with E-state index in [0.717, 1.165) is 25.5 Å². The minimum absolute atomic E-state index is 0.111. The van der Waals surface area contributed by atoms with Crippen LogP contribution in [0.25, 0.3) is 0 Å². The van der Waals surface area contributed by atoms with Gasteiger partial charge in [0.1, 0.15) is 6.10 Å². The number of carbonyl (C=O) groups excluding carboxylic acids is 1. The quantitative estimate of drug-likeness (QED) is 0.521. The molecule has 0 aromatic carbocycles. The molecule has 3 aliphatic rings. The number of aliphatic hydroxyl groups excluding tert-OH is 1. The van der Waals surface area contributed by atoms with Crippen LogP contribution in [0.4, 0.5) is 0 Å². The molecule has 84 valence electrons. The highest BCUT2D eigenvalue weighted by molar-refractivity contribution is 5.70. The van der Waals surface area contributed by atoms with Crippen LogP contribution in [0.15, 0.2) is 0 Å². The van der Waals surface area contributed by atoms with E-state index >= 15 is 0 Å². The normalized spacial score (nSPS) is 62.1. The van der Waals surface area contributed by atoms with Gasteiger partial charge in [0.2, 0.25) is 0 Å². The summed E-state index contributed by atoms with van der Waals surface area (Å²) in [4.78, 5) is 11.1. The summed E-state index contributed by atoms with van der Waals surface area (Å²) in [7, 11) is 0. The Kier molecular flexibility index (Phi) is 1.72. The lowest BCUT2D eigenvalue weighted by molar-refractivity contribution is -0.113. The van der Waals surface area contributed by atoms with Gasteiger partial charge in [0.15, 0.2) is 11.9 Å². The van der Waals surface area contributed by atoms with Crippen LogP contribution in [-0.4, -0.2) is 29.2 Å². The molecule has 1 saturated heterocycles. The van der Waals surface area contributed by atoms with Crippen molar-refractivity contribution in [2.45, 2.75) is 50.9 Å². The van der Waals surface area contributed by atoms with E-state index in [2.05, 4.69) is 13.8 Å². The average Bonchev–Trinajstić information content (AvgIpc) is 2.84. The van der Waals surface area contributed by atoms with Gasteiger partial charge in [-0.2, -0.15) is 0 Å². The molecule has 0 bridgehead atoms. The molecule has 0 spiro atoms. The maximum atomic E-state index is 11.1. The van der Waals surface area contributed by atoms with Gasteiger partial charge in [-0.25, -0.2) is 0 Å². The van der Waals surface area contributed by atoms with Gasteiger partial charge in [-0.3, -0.25) is 0 Å². The SMILES string of the molecule is C[C@@H]1C[C@H](O)C[C@H]2C[C@]3(C=O)OC3[C@]21C. The largest absolute Gasteiger partial charge is 0.393 e. The molecule has 1 heterocycles. The summed E-state index contributed by atoms with van der Waals surface area (Å²) < 4.78 is 5.62. The van der Waals surface area contributed by atoms with Crippen molar-refractivity contribution in [1.82, 2.24) is 0 Å². The Morgan fingerprint density at radius 1 is 1.47 bits per heavy atom. The van der Waals surface area contributed by atoms with Crippen LogP contribution in [0.3, 0.4) is 0 Å². The van der Waals surface area contributed by atoms with Crippen molar-refractivity contribution < 1.29 is 14.6 Å². The maximum absolute atomic E-state index is 11.1. The van der Waals surface area contributed by atoms with Gasteiger partial charge in [0.25, 0.3) is 0 Å². The maximum Gasteiger partial charge on any atom is 0.154 e. The van der Waals surface area contributed by atoms with Crippen molar-refractivity contribution in [2.24, 2.45) is 17.3 Å². The van der Waals surface area contributed by atoms with Crippen LogP contribution in [0.2, 0.25) is 0 Å². The molecule has 1 aliphatic heterocycles. The van der Waals surface area contributed by atoms with Crippen molar-refractivity contribution in [3.05, 3.63) is 0 Å². The highest BCUT2D eigenvalue weighted by Crippen LogP contribution is 2.67. The molecule has 3 fully saturated rings. The van der Waals surface area contributed by atoms with E-state index in [0.29, 0.717) is 11.8 Å². The van der Waals surface area contributed by atoms with Crippen LogP contribution in [-0.2, 0) is 9.53 Å². The number of aliphatic hydroxyl groups is 1. The molecule has 3 rings (SSSR count). The first-order valence-corrected chi connectivity index (χ1v) is 5.85. The number of carbonyl (C=O) groups is 1. The molecule has 0 aromatic rings. The summed E-state index contributed by atoms with van der Waals surface area (Å²) in [5, 5.41) is 9.77. The lowest BCUT2D eigenvalue weighted by Crippen LogP contribution is -2.43. The van der Waals surface area contributed by atoms with E-state index in [9.17, 15) is 9.90 Å². The minimum Gasteiger partial charge on any atom is -0.393 e. The second kappa shape index (κ2) is 2.64. The van der Waals surface area contributed by atoms with Gasteiger partial charge in [0, 0.05) is 5.41 Å². The zero-order valence-corrected chi connectivity index (χ0v) is 9.27. The van der Waals surface area contributed by atoms with Gasteiger partial charge in [0.05, 0.1) is 6.10 Å². The Morgan fingerprint density at radius 2 is 2.20 bits per heavy atom. The van der Waals surface area contributed by atoms with Crippen molar-refractivity contribution >= 4 is 6.29 Å². The molecule has 0 radical (unpaired) electrons.